The average molecular weight is 271 g/mol. The van der Waals surface area contributed by atoms with Crippen LogP contribution >= 0.6 is 0 Å². The molecule has 106 valence electrons. The van der Waals surface area contributed by atoms with Crippen molar-refractivity contribution in [2.24, 2.45) is 5.92 Å². The zero-order valence-corrected chi connectivity index (χ0v) is 12.1. The number of hydrogen-bond donors (Lipinski definition) is 1. The molecule has 2 aromatic rings. The molecule has 1 unspecified atom stereocenters. The van der Waals surface area contributed by atoms with Crippen molar-refractivity contribution in [3.8, 4) is 0 Å². The Morgan fingerprint density at radius 3 is 3.05 bits per heavy atom. The van der Waals surface area contributed by atoms with Crippen LogP contribution in [-0.4, -0.2) is 54.4 Å². The van der Waals surface area contributed by atoms with Crippen LogP contribution in [0.5, 0.6) is 0 Å². The fourth-order valence-corrected chi connectivity index (χ4v) is 3.05. The van der Waals surface area contributed by atoms with Gasteiger partial charge in [0.1, 0.15) is 0 Å². The third-order valence-corrected chi connectivity index (χ3v) is 4.17. The number of aromatic amines is 1. The van der Waals surface area contributed by atoms with Crippen LogP contribution in [0.2, 0.25) is 0 Å². The van der Waals surface area contributed by atoms with Crippen molar-refractivity contribution in [3.63, 3.8) is 0 Å². The standard InChI is InChI=1S/C16H21N3O/c1-18-8-6-12(10-18)11-19(2)16(20)14-3-4-15-13(9-14)5-7-17-15/h3-5,7,9,12,17H,6,8,10-11H2,1-2H3. The van der Waals surface area contributed by atoms with Crippen LogP contribution in [0.4, 0.5) is 0 Å². The van der Waals surface area contributed by atoms with E-state index in [1.165, 1.54) is 6.42 Å². The number of aromatic nitrogens is 1. The predicted octanol–water partition coefficient (Wildman–Crippen LogP) is 2.19. The Kier molecular flexibility index (Phi) is 3.49. The molecule has 3 rings (SSSR count). The van der Waals surface area contributed by atoms with E-state index in [9.17, 15) is 4.79 Å². The van der Waals surface area contributed by atoms with Crippen LogP contribution < -0.4 is 0 Å². The molecule has 1 aliphatic heterocycles. The number of fused-ring (bicyclic) bond motifs is 1. The number of nitrogens with one attached hydrogen (secondary N) is 1. The van der Waals surface area contributed by atoms with Crippen molar-refractivity contribution in [1.82, 2.24) is 14.8 Å². The van der Waals surface area contributed by atoms with Crippen LogP contribution in [0, 0.1) is 5.92 Å². The zero-order chi connectivity index (χ0) is 14.1. The summed E-state index contributed by atoms with van der Waals surface area (Å²) in [7, 11) is 4.05. The lowest BCUT2D eigenvalue weighted by Crippen LogP contribution is -2.32. The van der Waals surface area contributed by atoms with E-state index in [0.29, 0.717) is 5.92 Å². The number of likely N-dealkylation sites (tertiary alicyclic amines) is 1. The highest BCUT2D eigenvalue weighted by molar-refractivity contribution is 5.97. The van der Waals surface area contributed by atoms with Crippen LogP contribution in [-0.2, 0) is 0 Å². The van der Waals surface area contributed by atoms with Crippen molar-refractivity contribution < 1.29 is 4.79 Å². The van der Waals surface area contributed by atoms with Gasteiger partial charge in [0.05, 0.1) is 0 Å². The van der Waals surface area contributed by atoms with Gasteiger partial charge in [-0.3, -0.25) is 4.79 Å². The van der Waals surface area contributed by atoms with Gasteiger partial charge in [-0.1, -0.05) is 0 Å². The van der Waals surface area contributed by atoms with Gasteiger partial charge < -0.3 is 14.8 Å². The molecule has 1 aromatic carbocycles. The summed E-state index contributed by atoms with van der Waals surface area (Å²) < 4.78 is 0. The van der Waals surface area contributed by atoms with Gasteiger partial charge in [0.25, 0.3) is 5.91 Å². The molecule has 1 aliphatic rings. The van der Waals surface area contributed by atoms with Crippen molar-refractivity contribution in [2.75, 3.05) is 33.7 Å². The molecule has 0 spiro atoms. The molecule has 1 saturated heterocycles. The lowest BCUT2D eigenvalue weighted by Gasteiger charge is -2.21. The second-order valence-corrected chi connectivity index (χ2v) is 5.88. The first kappa shape index (κ1) is 13.2. The molecular weight excluding hydrogens is 250 g/mol. The van der Waals surface area contributed by atoms with E-state index in [1.807, 2.05) is 42.4 Å². The summed E-state index contributed by atoms with van der Waals surface area (Å²) in [6.45, 7) is 3.07. The summed E-state index contributed by atoms with van der Waals surface area (Å²) in [6.07, 6.45) is 3.09. The minimum Gasteiger partial charge on any atom is -0.361 e. The molecule has 0 bridgehead atoms. The van der Waals surface area contributed by atoms with Gasteiger partial charge in [0, 0.05) is 42.8 Å². The van der Waals surface area contributed by atoms with Crippen molar-refractivity contribution >= 4 is 16.8 Å². The number of H-pyrrole nitrogens is 1. The summed E-state index contributed by atoms with van der Waals surface area (Å²) in [4.78, 5) is 19.8. The SMILES string of the molecule is CN1CCC(CN(C)C(=O)c2ccc3[nH]ccc3c2)C1. The van der Waals surface area contributed by atoms with E-state index < -0.39 is 0 Å². The average Bonchev–Trinajstić information content (AvgIpc) is 3.05. The number of amides is 1. The largest absolute Gasteiger partial charge is 0.361 e. The number of nitrogens with zero attached hydrogens (tertiary/aromatic N) is 2. The van der Waals surface area contributed by atoms with Gasteiger partial charge in [-0.2, -0.15) is 0 Å². The van der Waals surface area contributed by atoms with E-state index in [1.54, 1.807) is 0 Å². The van der Waals surface area contributed by atoms with E-state index >= 15 is 0 Å². The molecule has 0 saturated carbocycles. The fraction of sp³-hybridized carbons (Fsp3) is 0.438. The second kappa shape index (κ2) is 5.29. The minimum atomic E-state index is 0.114. The van der Waals surface area contributed by atoms with Gasteiger partial charge in [-0.05, 0) is 50.2 Å². The molecule has 4 nitrogen and oxygen atoms in total. The first-order valence-corrected chi connectivity index (χ1v) is 7.14. The lowest BCUT2D eigenvalue weighted by atomic mass is 10.1. The number of benzene rings is 1. The first-order chi connectivity index (χ1) is 9.63. The van der Waals surface area contributed by atoms with Gasteiger partial charge in [-0.25, -0.2) is 0 Å². The first-order valence-electron chi connectivity index (χ1n) is 7.14. The highest BCUT2D eigenvalue weighted by atomic mass is 16.2. The van der Waals surface area contributed by atoms with Crippen molar-refractivity contribution in [2.45, 2.75) is 6.42 Å². The summed E-state index contributed by atoms with van der Waals surface area (Å²) in [6, 6.07) is 7.83. The zero-order valence-electron chi connectivity index (χ0n) is 12.1. The fourth-order valence-electron chi connectivity index (χ4n) is 3.05. The number of rotatable bonds is 3. The molecule has 20 heavy (non-hydrogen) atoms. The predicted molar refractivity (Wildman–Crippen MR) is 80.9 cm³/mol. The lowest BCUT2D eigenvalue weighted by molar-refractivity contribution is 0.0774. The summed E-state index contributed by atoms with van der Waals surface area (Å²) >= 11 is 0. The maximum atomic E-state index is 12.5. The molecule has 1 atom stereocenters. The molecule has 4 heteroatoms. The highest BCUT2D eigenvalue weighted by Gasteiger charge is 2.23. The van der Waals surface area contributed by atoms with E-state index in [4.69, 9.17) is 0 Å². The maximum absolute atomic E-state index is 12.5. The highest BCUT2D eigenvalue weighted by Crippen LogP contribution is 2.18. The van der Waals surface area contributed by atoms with E-state index in [0.717, 1.165) is 36.1 Å². The van der Waals surface area contributed by atoms with Crippen LogP contribution in [0.15, 0.2) is 30.5 Å². The molecule has 0 aliphatic carbocycles. The van der Waals surface area contributed by atoms with Gasteiger partial charge in [-0.15, -0.1) is 0 Å². The van der Waals surface area contributed by atoms with Gasteiger partial charge >= 0.3 is 0 Å². The molecule has 0 radical (unpaired) electrons. The monoisotopic (exact) mass is 271 g/mol. The third kappa shape index (κ3) is 2.56. The summed E-state index contributed by atoms with van der Waals surface area (Å²) in [5, 5.41) is 1.09. The quantitative estimate of drug-likeness (QED) is 0.929. The Balaban J connectivity index is 1.70. The Morgan fingerprint density at radius 2 is 2.30 bits per heavy atom. The molecule has 2 heterocycles. The van der Waals surface area contributed by atoms with Crippen molar-refractivity contribution in [3.05, 3.63) is 36.0 Å². The van der Waals surface area contributed by atoms with Crippen LogP contribution in [0.25, 0.3) is 10.9 Å². The summed E-state index contributed by atoms with van der Waals surface area (Å²) in [5.41, 5.74) is 1.84. The number of hydrogen-bond acceptors (Lipinski definition) is 2. The van der Waals surface area contributed by atoms with Gasteiger partial charge in [0.15, 0.2) is 0 Å². The molecule has 1 amide bonds. The smallest absolute Gasteiger partial charge is 0.253 e. The van der Waals surface area contributed by atoms with Gasteiger partial charge in [0.2, 0.25) is 0 Å². The normalized spacial score (nSPS) is 19.6. The Bertz CT molecular complexity index is 619. The third-order valence-electron chi connectivity index (χ3n) is 4.17. The number of carbonyl (C=O) groups excluding carboxylic acids is 1. The molecular formula is C16H21N3O. The van der Waals surface area contributed by atoms with E-state index in [2.05, 4.69) is 16.9 Å². The maximum Gasteiger partial charge on any atom is 0.253 e. The molecule has 1 N–H and O–H groups in total. The Morgan fingerprint density at radius 1 is 1.45 bits per heavy atom. The minimum absolute atomic E-state index is 0.114. The molecule has 1 aromatic heterocycles. The summed E-state index contributed by atoms with van der Waals surface area (Å²) in [5.74, 6) is 0.715. The second-order valence-electron chi connectivity index (χ2n) is 5.88. The Hall–Kier alpha value is -1.81. The van der Waals surface area contributed by atoms with Crippen LogP contribution in [0.3, 0.4) is 0 Å². The van der Waals surface area contributed by atoms with E-state index in [-0.39, 0.29) is 5.91 Å². The number of carbonyl (C=O) groups is 1. The Labute approximate surface area is 119 Å². The van der Waals surface area contributed by atoms with Crippen LogP contribution in [0.1, 0.15) is 16.8 Å². The molecule has 1 fully saturated rings. The topological polar surface area (TPSA) is 39.3 Å². The van der Waals surface area contributed by atoms with Crippen molar-refractivity contribution in [1.29, 1.82) is 0 Å².